The van der Waals surface area contributed by atoms with Gasteiger partial charge >= 0.3 is 0 Å². The third-order valence-electron chi connectivity index (χ3n) is 9.13. The minimum atomic E-state index is -0.321. The molecular formula is C31H43N3O3. The van der Waals surface area contributed by atoms with Gasteiger partial charge in [0.05, 0.1) is 11.6 Å². The van der Waals surface area contributed by atoms with Crippen molar-refractivity contribution in [1.29, 1.82) is 0 Å². The van der Waals surface area contributed by atoms with E-state index in [2.05, 4.69) is 31.3 Å². The second-order valence-corrected chi connectivity index (χ2v) is 12.1. The Morgan fingerprint density at radius 2 is 1.86 bits per heavy atom. The number of hydrogen-bond acceptors (Lipinski definition) is 4. The molecule has 1 aliphatic carbocycles. The van der Waals surface area contributed by atoms with E-state index in [1.165, 1.54) is 36.8 Å². The number of carbonyl (C=O) groups is 3. The molecule has 0 spiro atoms. The summed E-state index contributed by atoms with van der Waals surface area (Å²) in [5.74, 6) is 0.554. The summed E-state index contributed by atoms with van der Waals surface area (Å²) in [7, 11) is 0. The van der Waals surface area contributed by atoms with Gasteiger partial charge < -0.3 is 14.8 Å². The van der Waals surface area contributed by atoms with E-state index in [0.29, 0.717) is 17.9 Å². The van der Waals surface area contributed by atoms with Crippen LogP contribution in [0.25, 0.3) is 10.9 Å². The van der Waals surface area contributed by atoms with Gasteiger partial charge in [-0.1, -0.05) is 46.1 Å². The highest BCUT2D eigenvalue weighted by atomic mass is 16.2. The predicted octanol–water partition coefficient (Wildman–Crippen LogP) is 5.40. The third kappa shape index (κ3) is 4.89. The van der Waals surface area contributed by atoms with Crippen molar-refractivity contribution in [3.8, 4) is 0 Å². The summed E-state index contributed by atoms with van der Waals surface area (Å²) >= 11 is 0. The first-order chi connectivity index (χ1) is 17.8. The summed E-state index contributed by atoms with van der Waals surface area (Å²) in [6.07, 6.45) is 10.9. The minimum absolute atomic E-state index is 0.00591. The van der Waals surface area contributed by atoms with Gasteiger partial charge in [0.1, 0.15) is 6.54 Å². The zero-order valence-corrected chi connectivity index (χ0v) is 23.1. The predicted molar refractivity (Wildman–Crippen MR) is 147 cm³/mol. The monoisotopic (exact) mass is 505 g/mol. The zero-order valence-electron chi connectivity index (χ0n) is 23.1. The molecule has 2 aromatic rings. The number of nitrogens with one attached hydrogen (secondary N) is 1. The van der Waals surface area contributed by atoms with Crippen molar-refractivity contribution in [1.82, 2.24) is 14.8 Å². The highest BCUT2D eigenvalue weighted by Gasteiger charge is 2.66. The van der Waals surface area contributed by atoms with Crippen molar-refractivity contribution in [2.45, 2.75) is 110 Å². The van der Waals surface area contributed by atoms with Gasteiger partial charge in [0, 0.05) is 41.6 Å². The Morgan fingerprint density at radius 3 is 2.59 bits per heavy atom. The first kappa shape index (κ1) is 26.1. The maximum atomic E-state index is 13.9. The van der Waals surface area contributed by atoms with Gasteiger partial charge in [-0.15, -0.1) is 0 Å². The molecule has 1 saturated heterocycles. The zero-order chi connectivity index (χ0) is 26.3. The van der Waals surface area contributed by atoms with Crippen LogP contribution in [0, 0.1) is 5.41 Å². The van der Waals surface area contributed by atoms with E-state index < -0.39 is 0 Å². The molecule has 2 fully saturated rings. The fourth-order valence-electron chi connectivity index (χ4n) is 6.90. The number of rotatable bonds is 4. The molecule has 2 bridgehead atoms. The number of piperidine rings is 1. The Morgan fingerprint density at radius 1 is 1.11 bits per heavy atom. The molecule has 3 heterocycles. The van der Waals surface area contributed by atoms with Crippen LogP contribution in [0.15, 0.2) is 18.3 Å². The molecule has 5 rings (SSSR count). The molecule has 3 atom stereocenters. The fourth-order valence-corrected chi connectivity index (χ4v) is 6.90. The Labute approximate surface area is 221 Å². The van der Waals surface area contributed by atoms with E-state index in [-0.39, 0.29) is 41.5 Å². The van der Waals surface area contributed by atoms with Gasteiger partial charge in [-0.25, -0.2) is 0 Å². The third-order valence-corrected chi connectivity index (χ3v) is 9.13. The van der Waals surface area contributed by atoms with E-state index in [9.17, 15) is 14.4 Å². The Balaban J connectivity index is 1.57. The number of benzene rings is 1. The minimum Gasteiger partial charge on any atom is -0.337 e. The number of Topliss-reactive ketones (excluding diaryl/α,β-unsaturated/α-hetero) is 2. The average Bonchev–Trinajstić information content (AvgIpc) is 3.27. The topological polar surface area (TPSA) is 71.4 Å². The lowest BCUT2D eigenvalue weighted by Crippen LogP contribution is -2.44. The van der Waals surface area contributed by atoms with E-state index in [0.717, 1.165) is 49.7 Å². The van der Waals surface area contributed by atoms with Crippen LogP contribution in [0.5, 0.6) is 0 Å². The Bertz CT molecular complexity index is 1210. The first-order valence-electron chi connectivity index (χ1n) is 14.5. The van der Waals surface area contributed by atoms with Crippen LogP contribution < -0.4 is 5.32 Å². The van der Waals surface area contributed by atoms with Crippen molar-refractivity contribution in [3.05, 3.63) is 35.0 Å². The van der Waals surface area contributed by atoms with E-state index in [4.69, 9.17) is 0 Å². The molecule has 1 saturated carbocycles. The number of hydrogen-bond donors (Lipinski definition) is 1. The van der Waals surface area contributed by atoms with E-state index in [1.807, 2.05) is 22.6 Å². The molecule has 1 aromatic carbocycles. The molecule has 6 heteroatoms. The number of aryl methyl sites for hydroxylation is 1. The second-order valence-electron chi connectivity index (χ2n) is 12.1. The molecule has 1 aromatic heterocycles. The molecule has 37 heavy (non-hydrogen) atoms. The van der Waals surface area contributed by atoms with E-state index in [1.54, 1.807) is 6.92 Å². The van der Waals surface area contributed by atoms with Crippen LogP contribution in [0.2, 0.25) is 0 Å². The number of amides is 1. The molecule has 1 N–H and O–H groups in total. The largest absolute Gasteiger partial charge is 0.337 e. The molecule has 2 aliphatic heterocycles. The first-order valence-corrected chi connectivity index (χ1v) is 14.5. The van der Waals surface area contributed by atoms with Gasteiger partial charge in [0.15, 0.2) is 11.6 Å². The van der Waals surface area contributed by atoms with Gasteiger partial charge in [0.25, 0.3) is 0 Å². The lowest BCUT2D eigenvalue weighted by Gasteiger charge is -2.27. The van der Waals surface area contributed by atoms with Crippen LogP contribution in [-0.4, -0.2) is 52.1 Å². The van der Waals surface area contributed by atoms with Crippen LogP contribution in [-0.2, 0) is 22.6 Å². The molecule has 6 nitrogen and oxygen atoms in total. The molecule has 1 amide bonds. The number of aromatic nitrogens is 1. The quantitative estimate of drug-likeness (QED) is 0.565. The summed E-state index contributed by atoms with van der Waals surface area (Å²) < 4.78 is 2.01. The lowest BCUT2D eigenvalue weighted by atomic mass is 9.94. The highest BCUT2D eigenvalue weighted by Crippen LogP contribution is 2.59. The van der Waals surface area contributed by atoms with Crippen molar-refractivity contribution in [3.63, 3.8) is 0 Å². The summed E-state index contributed by atoms with van der Waals surface area (Å²) in [5, 5.41) is 4.62. The van der Waals surface area contributed by atoms with Crippen molar-refractivity contribution < 1.29 is 14.4 Å². The molecule has 200 valence electrons. The smallest absolute Gasteiger partial charge is 0.243 e. The van der Waals surface area contributed by atoms with Crippen LogP contribution in [0.1, 0.15) is 106 Å². The van der Waals surface area contributed by atoms with Crippen LogP contribution >= 0.6 is 0 Å². The summed E-state index contributed by atoms with van der Waals surface area (Å²) in [6.45, 7) is 9.95. The number of carbonyl (C=O) groups excluding carboxylic acids is 3. The van der Waals surface area contributed by atoms with Crippen molar-refractivity contribution in [2.24, 2.45) is 5.41 Å². The molecule has 3 aliphatic rings. The Kier molecular flexibility index (Phi) is 7.32. The van der Waals surface area contributed by atoms with Gasteiger partial charge in [-0.05, 0) is 68.7 Å². The summed E-state index contributed by atoms with van der Waals surface area (Å²) in [4.78, 5) is 41.5. The van der Waals surface area contributed by atoms with Gasteiger partial charge in [-0.2, -0.15) is 0 Å². The van der Waals surface area contributed by atoms with Crippen LogP contribution in [0.4, 0.5) is 0 Å². The molecule has 0 radical (unpaired) electrons. The summed E-state index contributed by atoms with van der Waals surface area (Å²) in [6, 6.07) is 4.27. The van der Waals surface area contributed by atoms with Crippen molar-refractivity contribution in [2.75, 3.05) is 13.1 Å². The normalized spacial score (nSPS) is 26.8. The fraction of sp³-hybridized carbons (Fsp3) is 0.645. The average molecular weight is 506 g/mol. The van der Waals surface area contributed by atoms with Gasteiger partial charge in [-0.3, -0.25) is 14.4 Å². The highest BCUT2D eigenvalue weighted by molar-refractivity contribution is 6.08. The SMILES string of the molecule is CCC(=O)[C@@H]1C[C@]23CNCCCCCCCc4cc(C(C)C)cc5c(C(C)=O)cn(c45)CC(=O)N1[C@@H]2C3. The molecule has 0 unspecified atom stereocenters. The number of ketones is 2. The standard InChI is InChI=1S/C31H43N3O3/c1-5-27(36)26-15-31-16-28(31)34(26)29(37)18-33-17-25(21(4)35)24-14-23(20(2)3)13-22(30(24)33)11-9-7-6-8-10-12-32-19-31/h13-14,17,20,26,28,32H,5-12,15-16,18-19H2,1-4H3/t26-,28+,31-/m0/s1. The van der Waals surface area contributed by atoms with E-state index >= 15 is 0 Å². The maximum absolute atomic E-state index is 13.9. The lowest BCUT2D eigenvalue weighted by molar-refractivity contribution is -0.139. The second kappa shape index (κ2) is 10.4. The maximum Gasteiger partial charge on any atom is 0.243 e. The number of nitrogens with zero attached hydrogens (tertiary/aromatic N) is 2. The Hall–Kier alpha value is -2.47. The molecular weight excluding hydrogens is 462 g/mol. The van der Waals surface area contributed by atoms with Crippen LogP contribution in [0.3, 0.4) is 0 Å². The summed E-state index contributed by atoms with van der Waals surface area (Å²) in [5.41, 5.74) is 4.22. The van der Waals surface area contributed by atoms with Crippen molar-refractivity contribution >= 4 is 28.4 Å². The van der Waals surface area contributed by atoms with Gasteiger partial charge in [0.2, 0.25) is 5.91 Å².